The third-order valence-corrected chi connectivity index (χ3v) is 3.28. The molecule has 2 rings (SSSR count). The molecule has 0 aliphatic rings. The van der Waals surface area contributed by atoms with Crippen molar-refractivity contribution in [3.8, 4) is 0 Å². The number of hydrogen-bond acceptors (Lipinski definition) is 2. The van der Waals surface area contributed by atoms with Crippen LogP contribution in [0.5, 0.6) is 0 Å². The van der Waals surface area contributed by atoms with E-state index in [1.54, 1.807) is 6.07 Å². The Hall–Kier alpha value is -1.71. The molecule has 1 atom stereocenters. The van der Waals surface area contributed by atoms with Crippen molar-refractivity contribution in [1.82, 2.24) is 4.90 Å². The number of nitrogens with two attached hydrogens (primary N) is 1. The SMILES string of the molecule is CN(Cc1ccccc1F)CC(N)Cc1ccccc1. The zero-order chi connectivity index (χ0) is 14.4. The summed E-state index contributed by atoms with van der Waals surface area (Å²) < 4.78 is 13.6. The number of nitrogens with zero attached hydrogens (tertiary/aromatic N) is 1. The molecule has 106 valence electrons. The molecule has 0 bridgehead atoms. The summed E-state index contributed by atoms with van der Waals surface area (Å²) in [7, 11) is 1.97. The minimum absolute atomic E-state index is 0.0502. The summed E-state index contributed by atoms with van der Waals surface area (Å²) in [6.07, 6.45) is 0.836. The van der Waals surface area contributed by atoms with Gasteiger partial charge in [-0.25, -0.2) is 4.39 Å². The molecule has 0 heterocycles. The maximum absolute atomic E-state index is 13.6. The van der Waals surface area contributed by atoms with Crippen LogP contribution in [0.25, 0.3) is 0 Å². The maximum atomic E-state index is 13.6. The van der Waals surface area contributed by atoms with Crippen molar-refractivity contribution >= 4 is 0 Å². The topological polar surface area (TPSA) is 29.3 Å². The van der Waals surface area contributed by atoms with Crippen LogP contribution in [0, 0.1) is 5.82 Å². The van der Waals surface area contributed by atoms with Crippen LogP contribution in [-0.2, 0) is 13.0 Å². The summed E-state index contributed by atoms with van der Waals surface area (Å²) in [5.41, 5.74) is 8.11. The van der Waals surface area contributed by atoms with Gasteiger partial charge in [0, 0.05) is 24.7 Å². The average Bonchev–Trinajstić information content (AvgIpc) is 2.42. The van der Waals surface area contributed by atoms with Crippen LogP contribution >= 0.6 is 0 Å². The van der Waals surface area contributed by atoms with Crippen molar-refractivity contribution in [2.24, 2.45) is 5.73 Å². The van der Waals surface area contributed by atoms with Crippen LogP contribution in [0.2, 0.25) is 0 Å². The molecule has 0 radical (unpaired) electrons. The van der Waals surface area contributed by atoms with Gasteiger partial charge in [-0.3, -0.25) is 0 Å². The van der Waals surface area contributed by atoms with Crippen molar-refractivity contribution in [3.63, 3.8) is 0 Å². The van der Waals surface area contributed by atoms with E-state index in [-0.39, 0.29) is 11.9 Å². The van der Waals surface area contributed by atoms with Gasteiger partial charge in [-0.2, -0.15) is 0 Å². The van der Waals surface area contributed by atoms with Gasteiger partial charge in [0.15, 0.2) is 0 Å². The molecule has 2 N–H and O–H groups in total. The Morgan fingerprint density at radius 1 is 1.05 bits per heavy atom. The maximum Gasteiger partial charge on any atom is 0.127 e. The minimum Gasteiger partial charge on any atom is -0.326 e. The summed E-state index contributed by atoms with van der Waals surface area (Å²) >= 11 is 0. The fourth-order valence-corrected chi connectivity index (χ4v) is 2.36. The quantitative estimate of drug-likeness (QED) is 0.876. The molecule has 0 spiro atoms. The van der Waals surface area contributed by atoms with Gasteiger partial charge < -0.3 is 10.6 Å². The van der Waals surface area contributed by atoms with Gasteiger partial charge in [0.05, 0.1) is 0 Å². The molecule has 2 aromatic rings. The van der Waals surface area contributed by atoms with Crippen LogP contribution in [0.3, 0.4) is 0 Å². The zero-order valence-corrected chi connectivity index (χ0v) is 11.8. The molecule has 2 nitrogen and oxygen atoms in total. The Kier molecular flexibility index (Phi) is 5.27. The highest BCUT2D eigenvalue weighted by Crippen LogP contribution is 2.09. The molecule has 0 aliphatic carbocycles. The minimum atomic E-state index is -0.156. The second kappa shape index (κ2) is 7.17. The standard InChI is InChI=1S/C17H21FN2/c1-20(12-15-9-5-6-10-17(15)18)13-16(19)11-14-7-3-2-4-8-14/h2-10,16H,11-13,19H2,1H3. The van der Waals surface area contributed by atoms with Crippen molar-refractivity contribution < 1.29 is 4.39 Å². The molecule has 0 amide bonds. The van der Waals surface area contributed by atoms with Gasteiger partial charge >= 0.3 is 0 Å². The fourth-order valence-electron chi connectivity index (χ4n) is 2.36. The van der Waals surface area contributed by atoms with Crippen LogP contribution in [0.1, 0.15) is 11.1 Å². The van der Waals surface area contributed by atoms with Crippen LogP contribution < -0.4 is 5.73 Å². The van der Waals surface area contributed by atoms with E-state index in [2.05, 4.69) is 17.0 Å². The fraction of sp³-hybridized carbons (Fsp3) is 0.294. The Morgan fingerprint density at radius 2 is 1.70 bits per heavy atom. The van der Waals surface area contributed by atoms with E-state index >= 15 is 0 Å². The molecule has 20 heavy (non-hydrogen) atoms. The average molecular weight is 272 g/mol. The molecule has 0 saturated heterocycles. The number of hydrogen-bond donors (Lipinski definition) is 1. The number of halogens is 1. The summed E-state index contributed by atoms with van der Waals surface area (Å²) in [4.78, 5) is 2.06. The Balaban J connectivity index is 1.85. The molecular formula is C17H21FN2. The first-order valence-corrected chi connectivity index (χ1v) is 6.86. The van der Waals surface area contributed by atoms with Crippen molar-refractivity contribution in [2.75, 3.05) is 13.6 Å². The Bertz CT molecular complexity index is 528. The van der Waals surface area contributed by atoms with E-state index in [0.717, 1.165) is 13.0 Å². The number of rotatable bonds is 6. The summed E-state index contributed by atoms with van der Waals surface area (Å²) in [6, 6.07) is 17.1. The lowest BCUT2D eigenvalue weighted by Gasteiger charge is -2.21. The van der Waals surface area contributed by atoms with Gasteiger partial charge in [-0.1, -0.05) is 48.5 Å². The molecule has 0 fully saturated rings. The second-order valence-corrected chi connectivity index (χ2v) is 5.24. The molecular weight excluding hydrogens is 251 g/mol. The third-order valence-electron chi connectivity index (χ3n) is 3.28. The van der Waals surface area contributed by atoms with E-state index in [9.17, 15) is 4.39 Å². The number of benzene rings is 2. The summed E-state index contributed by atoms with van der Waals surface area (Å²) in [6.45, 7) is 1.32. The van der Waals surface area contributed by atoms with Crippen LogP contribution in [0.4, 0.5) is 4.39 Å². The second-order valence-electron chi connectivity index (χ2n) is 5.24. The summed E-state index contributed by atoms with van der Waals surface area (Å²) in [5, 5.41) is 0. The Morgan fingerprint density at radius 3 is 2.40 bits per heavy atom. The smallest absolute Gasteiger partial charge is 0.127 e. The summed E-state index contributed by atoms with van der Waals surface area (Å²) in [5.74, 6) is -0.156. The van der Waals surface area contributed by atoms with Crippen molar-refractivity contribution in [1.29, 1.82) is 0 Å². The molecule has 0 aliphatic heterocycles. The molecule has 1 unspecified atom stereocenters. The lowest BCUT2D eigenvalue weighted by molar-refractivity contribution is 0.298. The normalized spacial score (nSPS) is 12.6. The number of likely N-dealkylation sites (N-methyl/N-ethyl adjacent to an activating group) is 1. The van der Waals surface area contributed by atoms with Crippen molar-refractivity contribution in [2.45, 2.75) is 19.0 Å². The van der Waals surface area contributed by atoms with E-state index in [1.807, 2.05) is 37.4 Å². The highest BCUT2D eigenvalue weighted by molar-refractivity contribution is 5.17. The first-order valence-electron chi connectivity index (χ1n) is 6.86. The van der Waals surface area contributed by atoms with E-state index in [4.69, 9.17) is 5.73 Å². The van der Waals surface area contributed by atoms with Gasteiger partial charge in [-0.05, 0) is 25.1 Å². The monoisotopic (exact) mass is 272 g/mol. The molecule has 2 aromatic carbocycles. The predicted molar refractivity (Wildman–Crippen MR) is 80.9 cm³/mol. The highest BCUT2D eigenvalue weighted by atomic mass is 19.1. The Labute approximate surface area is 120 Å². The van der Waals surface area contributed by atoms with Crippen LogP contribution in [0.15, 0.2) is 54.6 Å². The van der Waals surface area contributed by atoms with Gasteiger partial charge in [0.2, 0.25) is 0 Å². The predicted octanol–water partition coefficient (Wildman–Crippen LogP) is 2.83. The molecule has 3 heteroatoms. The van der Waals surface area contributed by atoms with Gasteiger partial charge in [-0.15, -0.1) is 0 Å². The molecule has 0 saturated carbocycles. The first-order chi connectivity index (χ1) is 9.65. The van der Waals surface area contributed by atoms with E-state index < -0.39 is 0 Å². The van der Waals surface area contributed by atoms with E-state index in [1.165, 1.54) is 11.6 Å². The lowest BCUT2D eigenvalue weighted by atomic mass is 10.1. The van der Waals surface area contributed by atoms with Crippen LogP contribution in [-0.4, -0.2) is 24.5 Å². The lowest BCUT2D eigenvalue weighted by Crippen LogP contribution is -2.36. The van der Waals surface area contributed by atoms with Crippen molar-refractivity contribution in [3.05, 3.63) is 71.5 Å². The van der Waals surface area contributed by atoms with Gasteiger partial charge in [0.1, 0.15) is 5.82 Å². The largest absolute Gasteiger partial charge is 0.326 e. The first kappa shape index (κ1) is 14.7. The zero-order valence-electron chi connectivity index (χ0n) is 11.8. The highest BCUT2D eigenvalue weighted by Gasteiger charge is 2.10. The third kappa shape index (κ3) is 4.44. The van der Waals surface area contributed by atoms with Gasteiger partial charge in [0.25, 0.3) is 0 Å². The van der Waals surface area contributed by atoms with E-state index in [0.29, 0.717) is 12.1 Å². The molecule has 0 aromatic heterocycles.